The SMILES string of the molecule is BB(C)CC=C. The Balaban J connectivity index is 2.81. The second-order valence-corrected chi connectivity index (χ2v) is 1.92. The molecule has 2 heteroatoms. The summed E-state index contributed by atoms with van der Waals surface area (Å²) in [6.07, 6.45) is 3.09. The topological polar surface area (TPSA) is 0 Å². The van der Waals surface area contributed by atoms with Gasteiger partial charge in [0.15, 0.2) is 0 Å². The molecule has 0 heterocycles. The van der Waals surface area contributed by atoms with Crippen LogP contribution in [-0.4, -0.2) is 14.3 Å². The van der Waals surface area contributed by atoms with Gasteiger partial charge in [-0.1, -0.05) is 19.2 Å². The van der Waals surface area contributed by atoms with Gasteiger partial charge in [0.05, 0.1) is 7.74 Å². The Hall–Kier alpha value is -0.130. The molecule has 0 aliphatic rings. The maximum absolute atomic E-state index is 3.60. The van der Waals surface area contributed by atoms with Crippen LogP contribution in [0.25, 0.3) is 0 Å². The summed E-state index contributed by atoms with van der Waals surface area (Å²) in [6.45, 7) is 6.56. The molecular weight excluding hydrogens is 69.7 g/mol. The minimum absolute atomic E-state index is 0.780. The van der Waals surface area contributed by atoms with Gasteiger partial charge >= 0.3 is 0 Å². The second kappa shape index (κ2) is 3.08. The minimum atomic E-state index is 0.780. The minimum Gasteiger partial charge on any atom is -0.104 e. The van der Waals surface area contributed by atoms with Crippen molar-refractivity contribution in [2.75, 3.05) is 0 Å². The second-order valence-electron chi connectivity index (χ2n) is 1.92. The van der Waals surface area contributed by atoms with E-state index < -0.39 is 0 Å². The summed E-state index contributed by atoms with van der Waals surface area (Å²) in [5.74, 6) is 0. The summed E-state index contributed by atoms with van der Waals surface area (Å²) in [5.41, 5.74) is 0. The Morgan fingerprint density at radius 2 is 2.50 bits per heavy atom. The average molecular weight is 79.7 g/mol. The van der Waals surface area contributed by atoms with E-state index in [2.05, 4.69) is 21.1 Å². The van der Waals surface area contributed by atoms with Gasteiger partial charge in [0, 0.05) is 0 Å². The first-order valence-electron chi connectivity index (χ1n) is 2.38. The Bertz CT molecular complexity index is 40.8. The van der Waals surface area contributed by atoms with E-state index in [0.717, 1.165) is 12.9 Å². The van der Waals surface area contributed by atoms with Crippen molar-refractivity contribution < 1.29 is 0 Å². The van der Waals surface area contributed by atoms with Gasteiger partial charge in [-0.25, -0.2) is 0 Å². The molecule has 0 N–H and O–H groups in total. The molecule has 0 aromatic heterocycles. The lowest BCUT2D eigenvalue weighted by Crippen LogP contribution is -2.02. The molecule has 32 valence electrons. The number of hydrogen-bond donors (Lipinski definition) is 0. The molecule has 6 heavy (non-hydrogen) atoms. The first-order chi connectivity index (χ1) is 2.77. The van der Waals surface area contributed by atoms with Gasteiger partial charge in [0.25, 0.3) is 0 Å². The zero-order chi connectivity index (χ0) is 4.99. The van der Waals surface area contributed by atoms with Crippen LogP contribution in [0.1, 0.15) is 0 Å². The van der Waals surface area contributed by atoms with E-state index in [4.69, 9.17) is 0 Å². The predicted molar refractivity (Wildman–Crippen MR) is 35.2 cm³/mol. The van der Waals surface area contributed by atoms with Gasteiger partial charge in [0.2, 0.25) is 0 Å². The number of rotatable bonds is 2. The maximum atomic E-state index is 3.60. The van der Waals surface area contributed by atoms with E-state index in [0.29, 0.717) is 0 Å². The molecule has 0 spiro atoms. The predicted octanol–water partition coefficient (Wildman–Crippen LogP) is 0.427. The van der Waals surface area contributed by atoms with Gasteiger partial charge in [-0.2, -0.15) is 0 Å². The zero-order valence-corrected chi connectivity index (χ0v) is 4.57. The third-order valence-corrected chi connectivity index (χ3v) is 0.638. The van der Waals surface area contributed by atoms with E-state index in [9.17, 15) is 0 Å². The summed E-state index contributed by atoms with van der Waals surface area (Å²) in [4.78, 5) is 0. The van der Waals surface area contributed by atoms with Gasteiger partial charge in [-0.05, 0) is 0 Å². The molecule has 0 bridgehead atoms. The molecule has 0 nitrogen and oxygen atoms in total. The van der Waals surface area contributed by atoms with Gasteiger partial charge in [-0.15, -0.1) is 6.58 Å². The van der Waals surface area contributed by atoms with Crippen molar-refractivity contribution in [1.82, 2.24) is 0 Å². The normalized spacial score (nSPS) is 7.50. The van der Waals surface area contributed by atoms with Crippen LogP contribution in [0.3, 0.4) is 0 Å². The quantitative estimate of drug-likeness (QED) is 0.333. The highest BCUT2D eigenvalue weighted by Crippen LogP contribution is 1.83. The van der Waals surface area contributed by atoms with Crippen molar-refractivity contribution in [3.63, 3.8) is 0 Å². The lowest BCUT2D eigenvalue weighted by Gasteiger charge is -1.86. The first kappa shape index (κ1) is 5.87. The zero-order valence-electron chi connectivity index (χ0n) is 4.57. The molecule has 0 radical (unpaired) electrons. The molecule has 0 aliphatic heterocycles. The van der Waals surface area contributed by atoms with Crippen LogP contribution in [-0.2, 0) is 0 Å². The molecular formula is C4H10B2. The van der Waals surface area contributed by atoms with Crippen molar-refractivity contribution >= 4 is 14.3 Å². The van der Waals surface area contributed by atoms with Gasteiger partial charge in [0.1, 0.15) is 6.60 Å². The standard InChI is InChI=1S/C4H10B2/c1-3-4-6(2)5/h3H,1,4-5H2,2H3. The molecule has 0 aliphatic carbocycles. The van der Waals surface area contributed by atoms with Crippen LogP contribution < -0.4 is 0 Å². The average Bonchev–Trinajstić information content (AvgIpc) is 1.35. The molecule has 0 saturated heterocycles. The van der Waals surface area contributed by atoms with Crippen molar-refractivity contribution in [2.45, 2.75) is 13.1 Å². The van der Waals surface area contributed by atoms with Crippen molar-refractivity contribution in [1.29, 1.82) is 0 Å². The number of hydrogen-bond acceptors (Lipinski definition) is 0. The summed E-state index contributed by atoms with van der Waals surface area (Å²) in [5, 5.41) is 0. The van der Waals surface area contributed by atoms with Crippen molar-refractivity contribution in [2.24, 2.45) is 0 Å². The van der Waals surface area contributed by atoms with Crippen molar-refractivity contribution in [3.05, 3.63) is 12.7 Å². The summed E-state index contributed by atoms with van der Waals surface area (Å²) >= 11 is 0. The molecule has 0 aromatic rings. The largest absolute Gasteiger partial charge is 0.104 e. The van der Waals surface area contributed by atoms with E-state index in [1.165, 1.54) is 0 Å². The van der Waals surface area contributed by atoms with Gasteiger partial charge < -0.3 is 0 Å². The summed E-state index contributed by atoms with van der Waals surface area (Å²) < 4.78 is 0. The monoisotopic (exact) mass is 80.1 g/mol. The molecule has 0 aromatic carbocycles. The van der Waals surface area contributed by atoms with Crippen LogP contribution in [0.5, 0.6) is 0 Å². The first-order valence-corrected chi connectivity index (χ1v) is 2.38. The van der Waals surface area contributed by atoms with Crippen LogP contribution in [0, 0.1) is 0 Å². The van der Waals surface area contributed by atoms with E-state index in [1.54, 1.807) is 0 Å². The number of allylic oxidation sites excluding steroid dienone is 1. The molecule has 0 rings (SSSR count). The van der Waals surface area contributed by atoms with Crippen LogP contribution >= 0.6 is 0 Å². The van der Waals surface area contributed by atoms with E-state index >= 15 is 0 Å². The third kappa shape index (κ3) is 3.87. The highest BCUT2D eigenvalue weighted by molar-refractivity contribution is 7.02. The summed E-state index contributed by atoms with van der Waals surface area (Å²) in [7, 11) is 2.18. The maximum Gasteiger partial charge on any atom is 0.101 e. The Morgan fingerprint density at radius 3 is 2.50 bits per heavy atom. The molecule has 0 saturated carbocycles. The molecule has 0 fully saturated rings. The molecule has 0 atom stereocenters. The smallest absolute Gasteiger partial charge is 0.101 e. The highest BCUT2D eigenvalue weighted by atomic mass is 13.5. The highest BCUT2D eigenvalue weighted by Gasteiger charge is 1.89. The fraction of sp³-hybridized carbons (Fsp3) is 0.500. The fourth-order valence-electron chi connectivity index (χ4n) is 0.333. The van der Waals surface area contributed by atoms with Gasteiger partial charge in [-0.3, -0.25) is 0 Å². The van der Waals surface area contributed by atoms with Crippen LogP contribution in [0.15, 0.2) is 12.7 Å². The van der Waals surface area contributed by atoms with Crippen LogP contribution in [0.4, 0.5) is 0 Å². The van der Waals surface area contributed by atoms with Crippen LogP contribution in [0.2, 0.25) is 13.1 Å². The van der Waals surface area contributed by atoms with E-state index in [-0.39, 0.29) is 0 Å². The Kier molecular flexibility index (Phi) is 3.01. The Labute approximate surface area is 41.1 Å². The lowest BCUT2D eigenvalue weighted by atomic mass is 9.33. The van der Waals surface area contributed by atoms with Crippen molar-refractivity contribution in [3.8, 4) is 0 Å². The molecule has 0 amide bonds. The lowest BCUT2D eigenvalue weighted by molar-refractivity contribution is 1.69. The Morgan fingerprint density at radius 1 is 2.00 bits per heavy atom. The molecule has 0 unspecified atom stereocenters. The van der Waals surface area contributed by atoms with E-state index in [1.807, 2.05) is 6.08 Å². The third-order valence-electron chi connectivity index (χ3n) is 0.638. The fourth-order valence-corrected chi connectivity index (χ4v) is 0.333. The summed E-state index contributed by atoms with van der Waals surface area (Å²) in [6, 6.07) is 0.